The maximum absolute atomic E-state index is 11.9. The Kier molecular flexibility index (Phi) is 23.0. The van der Waals surface area contributed by atoms with Gasteiger partial charge in [0.15, 0.2) is 0 Å². The van der Waals surface area contributed by atoms with Crippen molar-refractivity contribution in [3.05, 3.63) is 0 Å². The molecule has 0 aromatic rings. The minimum absolute atomic E-state index is 0.476. The van der Waals surface area contributed by atoms with E-state index in [0.717, 1.165) is 44.9 Å². The second kappa shape index (κ2) is 24.4. The van der Waals surface area contributed by atoms with Gasteiger partial charge < -0.3 is 0 Å². The minimum Gasteiger partial charge on any atom is -0.300 e. The van der Waals surface area contributed by atoms with Crippen molar-refractivity contribution in [2.75, 3.05) is 0 Å². The Labute approximate surface area is 182 Å². The number of Topliss-reactive ketones (excluding diaryl/α,β-unsaturated/α-hetero) is 1. The first kappa shape index (κ1) is 27.4. The van der Waals surface area contributed by atoms with E-state index in [2.05, 4.69) is 42.4 Å². The van der Waals surface area contributed by atoms with Crippen molar-refractivity contribution in [1.82, 2.24) is 0 Å². The van der Waals surface area contributed by atoms with Crippen LogP contribution in [0.4, 0.5) is 0 Å². The molecule has 0 aliphatic heterocycles. The summed E-state index contributed by atoms with van der Waals surface area (Å²) in [6.07, 6.45) is 21.1. The zero-order valence-electron chi connectivity index (χ0n) is 19.3. The lowest BCUT2D eigenvalue weighted by atomic mass is 10.0. The Morgan fingerprint density at radius 1 is 0.517 bits per heavy atom. The molecule has 0 radical (unpaired) electrons. The van der Waals surface area contributed by atoms with Gasteiger partial charge in [0.25, 0.3) is 0 Å². The Balaban J connectivity index is 3.34. The molecule has 1 heteroatoms. The summed E-state index contributed by atoms with van der Waals surface area (Å²) in [4.78, 5) is 11.9. The quantitative estimate of drug-likeness (QED) is 0.191. The molecule has 0 aliphatic rings. The van der Waals surface area contributed by atoms with Crippen LogP contribution in [0.2, 0.25) is 0 Å². The number of rotatable bonds is 16. The van der Waals surface area contributed by atoms with Crippen molar-refractivity contribution in [2.45, 2.75) is 136 Å². The topological polar surface area (TPSA) is 17.1 Å². The molecule has 0 saturated carbocycles. The van der Waals surface area contributed by atoms with Gasteiger partial charge >= 0.3 is 0 Å². The summed E-state index contributed by atoms with van der Waals surface area (Å²) < 4.78 is 0. The van der Waals surface area contributed by atoms with Gasteiger partial charge in [0.2, 0.25) is 0 Å². The van der Waals surface area contributed by atoms with Crippen LogP contribution in [0.3, 0.4) is 0 Å². The van der Waals surface area contributed by atoms with E-state index in [0.29, 0.717) is 18.6 Å². The SMILES string of the molecule is CCC#CCC#CCC#CCCCCCCCC(=O)CCCCCCCCCC. The van der Waals surface area contributed by atoms with Crippen molar-refractivity contribution in [2.24, 2.45) is 0 Å². The highest BCUT2D eigenvalue weighted by Gasteiger charge is 2.01. The minimum atomic E-state index is 0.476. The van der Waals surface area contributed by atoms with E-state index in [1.165, 1.54) is 64.2 Å². The molecule has 0 saturated heterocycles. The summed E-state index contributed by atoms with van der Waals surface area (Å²) >= 11 is 0. The number of ketones is 1. The summed E-state index contributed by atoms with van der Waals surface area (Å²) in [7, 11) is 0. The molecule has 0 atom stereocenters. The molecule has 0 aliphatic carbocycles. The Bertz CT molecular complexity index is 552. The fourth-order valence-corrected chi connectivity index (χ4v) is 3.20. The van der Waals surface area contributed by atoms with Gasteiger partial charge in [-0.25, -0.2) is 0 Å². The van der Waals surface area contributed by atoms with Crippen molar-refractivity contribution >= 4 is 5.78 Å². The van der Waals surface area contributed by atoms with Crippen LogP contribution in [0.25, 0.3) is 0 Å². The molecule has 0 rings (SSSR count). The van der Waals surface area contributed by atoms with Gasteiger partial charge in [-0.3, -0.25) is 4.79 Å². The fourth-order valence-electron chi connectivity index (χ4n) is 3.20. The number of carbonyl (C=O) groups is 1. The maximum atomic E-state index is 11.9. The van der Waals surface area contributed by atoms with E-state index in [1.54, 1.807) is 0 Å². The van der Waals surface area contributed by atoms with Gasteiger partial charge in [0.1, 0.15) is 5.78 Å². The standard InChI is InChI=1S/C28H44O/c1-3-5-7-9-11-13-14-15-16-17-18-19-21-23-25-27-28(29)26-24-22-20-12-10-8-6-4-2/h3-4,6,8-10,12,14,17-27H2,1-2H3. The van der Waals surface area contributed by atoms with E-state index in [1.807, 2.05) is 6.92 Å². The van der Waals surface area contributed by atoms with Gasteiger partial charge in [-0.2, -0.15) is 0 Å². The Morgan fingerprint density at radius 3 is 1.52 bits per heavy atom. The average Bonchev–Trinajstić information content (AvgIpc) is 2.72. The number of hydrogen-bond acceptors (Lipinski definition) is 1. The van der Waals surface area contributed by atoms with Crippen LogP contribution >= 0.6 is 0 Å². The van der Waals surface area contributed by atoms with Gasteiger partial charge in [-0.1, -0.05) is 102 Å². The molecule has 1 nitrogen and oxygen atoms in total. The zero-order chi connectivity index (χ0) is 21.3. The highest BCUT2D eigenvalue weighted by atomic mass is 16.1. The first-order chi connectivity index (χ1) is 14.3. The summed E-state index contributed by atoms with van der Waals surface area (Å²) in [5.74, 6) is 18.9. The third-order valence-electron chi connectivity index (χ3n) is 4.97. The van der Waals surface area contributed by atoms with E-state index in [9.17, 15) is 4.79 Å². The number of unbranched alkanes of at least 4 members (excludes halogenated alkanes) is 12. The second-order valence-corrected chi connectivity index (χ2v) is 7.80. The molecule has 0 amide bonds. The van der Waals surface area contributed by atoms with Crippen LogP contribution < -0.4 is 0 Å². The van der Waals surface area contributed by atoms with Crippen molar-refractivity contribution < 1.29 is 4.79 Å². The van der Waals surface area contributed by atoms with Crippen molar-refractivity contribution in [3.8, 4) is 35.5 Å². The van der Waals surface area contributed by atoms with Gasteiger partial charge in [-0.05, 0) is 19.3 Å². The number of hydrogen-bond donors (Lipinski definition) is 0. The Hall–Kier alpha value is -1.65. The van der Waals surface area contributed by atoms with E-state index >= 15 is 0 Å². The molecule has 0 unspecified atom stereocenters. The lowest BCUT2D eigenvalue weighted by molar-refractivity contribution is -0.119. The monoisotopic (exact) mass is 396 g/mol. The van der Waals surface area contributed by atoms with Crippen LogP contribution in [0.5, 0.6) is 0 Å². The van der Waals surface area contributed by atoms with Crippen molar-refractivity contribution in [3.63, 3.8) is 0 Å². The fraction of sp³-hybridized carbons (Fsp3) is 0.750. The number of carbonyl (C=O) groups excluding carboxylic acids is 1. The first-order valence-electron chi connectivity index (χ1n) is 12.2. The Morgan fingerprint density at radius 2 is 0.966 bits per heavy atom. The predicted octanol–water partition coefficient (Wildman–Crippen LogP) is 8.02. The molecule has 0 heterocycles. The molecule has 0 spiro atoms. The molecule has 0 bridgehead atoms. The van der Waals surface area contributed by atoms with Crippen LogP contribution in [0.1, 0.15) is 136 Å². The van der Waals surface area contributed by atoms with Gasteiger partial charge in [0.05, 0.1) is 12.8 Å². The third kappa shape index (κ3) is 24.3. The zero-order valence-corrected chi connectivity index (χ0v) is 19.3. The van der Waals surface area contributed by atoms with Gasteiger partial charge in [-0.15, -0.1) is 11.8 Å². The molecule has 0 N–H and O–H groups in total. The molecular formula is C28H44O. The van der Waals surface area contributed by atoms with Crippen LogP contribution in [-0.4, -0.2) is 5.78 Å². The average molecular weight is 397 g/mol. The highest BCUT2D eigenvalue weighted by Crippen LogP contribution is 2.12. The van der Waals surface area contributed by atoms with E-state index in [-0.39, 0.29) is 0 Å². The molecule has 162 valence electrons. The third-order valence-corrected chi connectivity index (χ3v) is 4.97. The normalized spacial score (nSPS) is 9.59. The lowest BCUT2D eigenvalue weighted by Gasteiger charge is -2.03. The van der Waals surface area contributed by atoms with Crippen LogP contribution in [0, 0.1) is 35.5 Å². The van der Waals surface area contributed by atoms with Crippen LogP contribution in [0.15, 0.2) is 0 Å². The first-order valence-corrected chi connectivity index (χ1v) is 12.2. The predicted molar refractivity (Wildman–Crippen MR) is 127 cm³/mol. The summed E-state index contributed by atoms with van der Waals surface area (Å²) in [6.45, 7) is 4.30. The second-order valence-electron chi connectivity index (χ2n) is 7.80. The van der Waals surface area contributed by atoms with E-state index in [4.69, 9.17) is 0 Å². The summed E-state index contributed by atoms with van der Waals surface area (Å²) in [6, 6.07) is 0. The summed E-state index contributed by atoms with van der Waals surface area (Å²) in [5, 5.41) is 0. The maximum Gasteiger partial charge on any atom is 0.132 e. The summed E-state index contributed by atoms with van der Waals surface area (Å²) in [5.41, 5.74) is 0. The van der Waals surface area contributed by atoms with Gasteiger partial charge in [0, 0.05) is 25.7 Å². The molecule has 0 aromatic carbocycles. The smallest absolute Gasteiger partial charge is 0.132 e. The highest BCUT2D eigenvalue weighted by molar-refractivity contribution is 5.78. The molecule has 29 heavy (non-hydrogen) atoms. The van der Waals surface area contributed by atoms with E-state index < -0.39 is 0 Å². The van der Waals surface area contributed by atoms with Crippen molar-refractivity contribution in [1.29, 1.82) is 0 Å². The molecule has 0 fully saturated rings. The van der Waals surface area contributed by atoms with Crippen LogP contribution in [-0.2, 0) is 4.79 Å². The molecular weight excluding hydrogens is 352 g/mol. The largest absolute Gasteiger partial charge is 0.300 e. The molecule has 0 aromatic heterocycles. The lowest BCUT2D eigenvalue weighted by Crippen LogP contribution is -1.97.